The molecule has 1 aliphatic rings. The van der Waals surface area contributed by atoms with Gasteiger partial charge in [-0.25, -0.2) is 0 Å². The quantitative estimate of drug-likeness (QED) is 0.847. The standard InChI is InChI=1S/C7H8O.C6H12N2O.C2H6/c1-8-7-5-3-2-4-6-7;1-6(9)8-4-2-7-3-5-8;1-2/h2-6H,1H3;7H,2-5H2,1H3;1-2H3. The number of methoxy groups -OCH3 is 1. The predicted molar refractivity (Wildman–Crippen MR) is 79.5 cm³/mol. The van der Waals surface area contributed by atoms with Crippen LogP contribution in [0.15, 0.2) is 30.3 Å². The number of ether oxygens (including phenoxy) is 1. The van der Waals surface area contributed by atoms with E-state index in [0.717, 1.165) is 31.9 Å². The van der Waals surface area contributed by atoms with E-state index < -0.39 is 0 Å². The molecule has 4 heteroatoms. The molecule has 0 aliphatic carbocycles. The van der Waals surface area contributed by atoms with Gasteiger partial charge in [0.05, 0.1) is 7.11 Å². The number of nitrogens with zero attached hydrogens (tertiary/aromatic N) is 1. The molecule has 1 saturated heterocycles. The molecule has 19 heavy (non-hydrogen) atoms. The smallest absolute Gasteiger partial charge is 0.219 e. The van der Waals surface area contributed by atoms with Gasteiger partial charge in [0.25, 0.3) is 0 Å². The van der Waals surface area contributed by atoms with Crippen LogP contribution >= 0.6 is 0 Å². The van der Waals surface area contributed by atoms with Crippen molar-refractivity contribution in [1.29, 1.82) is 0 Å². The third-order valence-corrected chi connectivity index (χ3v) is 2.54. The van der Waals surface area contributed by atoms with Crippen molar-refractivity contribution >= 4 is 5.91 Å². The molecule has 1 aliphatic heterocycles. The van der Waals surface area contributed by atoms with Gasteiger partial charge in [0.1, 0.15) is 5.75 Å². The molecule has 0 saturated carbocycles. The lowest BCUT2D eigenvalue weighted by Crippen LogP contribution is -2.45. The summed E-state index contributed by atoms with van der Waals surface area (Å²) in [6.07, 6.45) is 0. The molecular weight excluding hydrogens is 240 g/mol. The average molecular weight is 266 g/mol. The number of hydrogen-bond donors (Lipinski definition) is 1. The van der Waals surface area contributed by atoms with Crippen molar-refractivity contribution in [3.63, 3.8) is 0 Å². The fourth-order valence-corrected chi connectivity index (χ4v) is 1.54. The summed E-state index contributed by atoms with van der Waals surface area (Å²) in [5.41, 5.74) is 0. The highest BCUT2D eigenvalue weighted by Gasteiger charge is 2.10. The third-order valence-electron chi connectivity index (χ3n) is 2.54. The molecule has 1 fully saturated rings. The Morgan fingerprint density at radius 3 is 2.00 bits per heavy atom. The first-order valence-electron chi connectivity index (χ1n) is 6.79. The van der Waals surface area contributed by atoms with Crippen molar-refractivity contribution in [3.05, 3.63) is 30.3 Å². The zero-order valence-corrected chi connectivity index (χ0v) is 12.5. The van der Waals surface area contributed by atoms with Crippen molar-refractivity contribution in [2.45, 2.75) is 20.8 Å². The zero-order valence-electron chi connectivity index (χ0n) is 12.5. The van der Waals surface area contributed by atoms with Crippen molar-refractivity contribution < 1.29 is 9.53 Å². The molecular formula is C15H26N2O2. The summed E-state index contributed by atoms with van der Waals surface area (Å²) >= 11 is 0. The van der Waals surface area contributed by atoms with Gasteiger partial charge in [-0.3, -0.25) is 4.79 Å². The summed E-state index contributed by atoms with van der Waals surface area (Å²) in [6.45, 7) is 9.25. The Balaban J connectivity index is 0.000000303. The van der Waals surface area contributed by atoms with Crippen molar-refractivity contribution in [2.24, 2.45) is 0 Å². The maximum Gasteiger partial charge on any atom is 0.219 e. The second kappa shape index (κ2) is 11.5. The first-order valence-corrected chi connectivity index (χ1v) is 6.79. The molecule has 0 atom stereocenters. The summed E-state index contributed by atoms with van der Waals surface area (Å²) in [5, 5.41) is 3.18. The Morgan fingerprint density at radius 1 is 1.16 bits per heavy atom. The van der Waals surface area contributed by atoms with E-state index in [-0.39, 0.29) is 5.91 Å². The first-order chi connectivity index (χ1) is 9.24. The monoisotopic (exact) mass is 266 g/mol. The number of benzene rings is 1. The average Bonchev–Trinajstić information content (AvgIpc) is 2.51. The topological polar surface area (TPSA) is 41.6 Å². The first kappa shape index (κ1) is 17.4. The Morgan fingerprint density at radius 2 is 1.68 bits per heavy atom. The summed E-state index contributed by atoms with van der Waals surface area (Å²) in [6, 6.07) is 9.68. The highest BCUT2D eigenvalue weighted by molar-refractivity contribution is 5.73. The van der Waals surface area contributed by atoms with Gasteiger partial charge in [0.15, 0.2) is 0 Å². The van der Waals surface area contributed by atoms with Crippen molar-refractivity contribution in [3.8, 4) is 5.75 Å². The van der Waals surface area contributed by atoms with Crippen LogP contribution < -0.4 is 10.1 Å². The molecule has 0 bridgehead atoms. The second-order valence-electron chi connectivity index (χ2n) is 3.77. The molecule has 0 spiro atoms. The molecule has 4 nitrogen and oxygen atoms in total. The summed E-state index contributed by atoms with van der Waals surface area (Å²) in [7, 11) is 1.66. The lowest BCUT2D eigenvalue weighted by molar-refractivity contribution is -0.129. The van der Waals surface area contributed by atoms with Crippen molar-refractivity contribution in [1.82, 2.24) is 10.2 Å². The minimum atomic E-state index is 0.191. The molecule has 1 heterocycles. The van der Waals surface area contributed by atoms with E-state index in [9.17, 15) is 4.79 Å². The van der Waals surface area contributed by atoms with Crippen molar-refractivity contribution in [2.75, 3.05) is 33.3 Å². The Kier molecular flexibility index (Phi) is 10.6. The lowest BCUT2D eigenvalue weighted by Gasteiger charge is -2.25. The molecule has 0 aromatic heterocycles. The van der Waals surface area contributed by atoms with Crippen LogP contribution in [0.3, 0.4) is 0 Å². The predicted octanol–water partition coefficient (Wildman–Crippen LogP) is 2.16. The van der Waals surface area contributed by atoms with Crippen LogP contribution in [0.1, 0.15) is 20.8 Å². The van der Waals surface area contributed by atoms with E-state index in [4.69, 9.17) is 4.74 Å². The number of piperazine rings is 1. The van der Waals surface area contributed by atoms with E-state index in [2.05, 4.69) is 5.32 Å². The van der Waals surface area contributed by atoms with Crippen LogP contribution in [0.5, 0.6) is 5.75 Å². The molecule has 108 valence electrons. The fourth-order valence-electron chi connectivity index (χ4n) is 1.54. The molecule has 1 N–H and O–H groups in total. The van der Waals surface area contributed by atoms with Crippen LogP contribution in [0.4, 0.5) is 0 Å². The largest absolute Gasteiger partial charge is 0.497 e. The molecule has 1 amide bonds. The van der Waals surface area contributed by atoms with Gasteiger partial charge >= 0.3 is 0 Å². The molecule has 1 aromatic carbocycles. The maximum atomic E-state index is 10.7. The number of hydrogen-bond acceptors (Lipinski definition) is 3. The van der Waals surface area contributed by atoms with E-state index in [1.807, 2.05) is 49.1 Å². The number of carbonyl (C=O) groups is 1. The van der Waals surface area contributed by atoms with Gasteiger partial charge in [0.2, 0.25) is 5.91 Å². The number of carbonyl (C=O) groups excluding carboxylic acids is 1. The molecule has 0 unspecified atom stereocenters. The molecule has 2 rings (SSSR count). The minimum absolute atomic E-state index is 0.191. The SMILES string of the molecule is CC.CC(=O)N1CCNCC1.COc1ccccc1. The lowest BCUT2D eigenvalue weighted by atomic mass is 10.3. The van der Waals surface area contributed by atoms with Gasteiger partial charge in [-0.15, -0.1) is 0 Å². The molecule has 0 radical (unpaired) electrons. The normalized spacial score (nSPS) is 13.4. The Hall–Kier alpha value is -1.55. The van der Waals surface area contributed by atoms with Crippen LogP contribution in [0, 0.1) is 0 Å². The van der Waals surface area contributed by atoms with Gasteiger partial charge in [-0.1, -0.05) is 32.0 Å². The van der Waals surface area contributed by atoms with Gasteiger partial charge in [0, 0.05) is 33.1 Å². The highest BCUT2D eigenvalue weighted by Crippen LogP contribution is 2.05. The van der Waals surface area contributed by atoms with Crippen LogP contribution in [-0.2, 0) is 4.79 Å². The second-order valence-corrected chi connectivity index (χ2v) is 3.77. The van der Waals surface area contributed by atoms with Gasteiger partial charge < -0.3 is 15.0 Å². The fraction of sp³-hybridized carbons (Fsp3) is 0.533. The highest BCUT2D eigenvalue weighted by atomic mass is 16.5. The van der Waals surface area contributed by atoms with Crippen LogP contribution in [0.2, 0.25) is 0 Å². The number of amides is 1. The van der Waals surface area contributed by atoms with E-state index in [1.54, 1.807) is 14.0 Å². The van der Waals surface area contributed by atoms with Gasteiger partial charge in [-0.2, -0.15) is 0 Å². The summed E-state index contributed by atoms with van der Waals surface area (Å²) in [5.74, 6) is 1.10. The zero-order chi connectivity index (χ0) is 14.5. The summed E-state index contributed by atoms with van der Waals surface area (Å²) in [4.78, 5) is 12.6. The van der Waals surface area contributed by atoms with Gasteiger partial charge in [-0.05, 0) is 12.1 Å². The number of nitrogens with one attached hydrogen (secondary N) is 1. The van der Waals surface area contributed by atoms with Crippen LogP contribution in [-0.4, -0.2) is 44.1 Å². The van der Waals surface area contributed by atoms with E-state index in [1.165, 1.54) is 0 Å². The number of para-hydroxylation sites is 1. The molecule has 1 aromatic rings. The Labute approximate surface area is 116 Å². The van der Waals surface area contributed by atoms with E-state index in [0.29, 0.717) is 0 Å². The maximum absolute atomic E-state index is 10.7. The third kappa shape index (κ3) is 8.21. The van der Waals surface area contributed by atoms with Crippen LogP contribution in [0.25, 0.3) is 0 Å². The van der Waals surface area contributed by atoms with E-state index >= 15 is 0 Å². The minimum Gasteiger partial charge on any atom is -0.497 e. The summed E-state index contributed by atoms with van der Waals surface area (Å²) < 4.78 is 4.91. The Bertz CT molecular complexity index is 322. The number of rotatable bonds is 1.